The first-order chi connectivity index (χ1) is 16.0. The molecule has 1 aliphatic heterocycles. The number of benzene rings is 3. The number of hydrogen-bond acceptors (Lipinski definition) is 7. The van der Waals surface area contributed by atoms with Gasteiger partial charge in [-0.3, -0.25) is 0 Å². The van der Waals surface area contributed by atoms with Gasteiger partial charge in [-0.25, -0.2) is 0 Å². The highest BCUT2D eigenvalue weighted by Crippen LogP contribution is 2.41. The molecule has 2 heterocycles. The summed E-state index contributed by atoms with van der Waals surface area (Å²) < 4.78 is 7.83. The number of nitrogens with zero attached hydrogens (tertiary/aromatic N) is 3. The molecule has 10 heteroatoms. The maximum Gasteiger partial charge on any atom is 0.247 e. The second-order valence-corrected chi connectivity index (χ2v) is 10.8. The van der Waals surface area contributed by atoms with E-state index >= 15 is 0 Å². The van der Waals surface area contributed by atoms with E-state index in [0.717, 1.165) is 29.5 Å². The van der Waals surface area contributed by atoms with Gasteiger partial charge >= 0.3 is 0 Å². The highest BCUT2D eigenvalue weighted by Gasteiger charge is 2.27. The number of para-hydroxylation sites is 1. The third-order valence-corrected chi connectivity index (χ3v) is 7.89. The smallest absolute Gasteiger partial charge is 0.247 e. The number of aromatic hydroxyl groups is 1. The summed E-state index contributed by atoms with van der Waals surface area (Å²) in [6.45, 7) is 0. The molecule has 1 unspecified atom stereocenters. The number of anilines is 1. The molecule has 0 saturated heterocycles. The van der Waals surface area contributed by atoms with Crippen LogP contribution in [0.2, 0.25) is 5.02 Å². The van der Waals surface area contributed by atoms with Gasteiger partial charge in [0.2, 0.25) is 11.0 Å². The lowest BCUT2D eigenvalue weighted by atomic mass is 10.1. The minimum atomic E-state index is -0.520. The van der Waals surface area contributed by atoms with Crippen molar-refractivity contribution in [3.63, 3.8) is 0 Å². The Balaban J connectivity index is 1.52. The Labute approximate surface area is 226 Å². The molecule has 2 N–H and O–H groups in total. The number of phenols is 1. The van der Waals surface area contributed by atoms with Gasteiger partial charge in [0.15, 0.2) is 11.9 Å². The van der Waals surface area contributed by atoms with Gasteiger partial charge in [0.25, 0.3) is 0 Å². The molecule has 0 amide bonds. The summed E-state index contributed by atoms with van der Waals surface area (Å²) in [6, 6.07) is 19.3. The second kappa shape index (κ2) is 9.80. The quantitative estimate of drug-likeness (QED) is 0.177. The van der Waals surface area contributed by atoms with Gasteiger partial charge in [0, 0.05) is 27.6 Å². The summed E-state index contributed by atoms with van der Waals surface area (Å²) in [6.07, 6.45) is -0.520. The maximum atomic E-state index is 10.2. The zero-order chi connectivity index (χ0) is 22.9. The molecule has 1 atom stereocenters. The number of ether oxygens (including phenoxy) is 1. The highest BCUT2D eigenvalue weighted by molar-refractivity contribution is 14.1. The summed E-state index contributed by atoms with van der Waals surface area (Å²) in [5.41, 5.74) is 4.17. The minimum Gasteiger partial charge on any atom is -0.506 e. The molecule has 0 fully saturated rings. The lowest BCUT2D eigenvalue weighted by molar-refractivity contribution is 0.225. The number of fused-ring (bicyclic) bond motifs is 3. The number of nitrogens with one attached hydrogen (secondary N) is 1. The van der Waals surface area contributed by atoms with Gasteiger partial charge in [-0.05, 0) is 75.0 Å². The molecule has 1 aliphatic rings. The number of aromatic nitrogens is 3. The largest absolute Gasteiger partial charge is 0.506 e. The van der Waals surface area contributed by atoms with Crippen molar-refractivity contribution in [2.45, 2.75) is 17.1 Å². The summed E-state index contributed by atoms with van der Waals surface area (Å²) >= 11 is 12.0. The zero-order valence-corrected chi connectivity index (χ0v) is 22.7. The molecule has 3 aromatic carbocycles. The Morgan fingerprint density at radius 2 is 1.76 bits per heavy atom. The molecule has 0 bridgehead atoms. The molecular formula is C23H15ClI2N4O2S. The summed E-state index contributed by atoms with van der Waals surface area (Å²) in [5.74, 6) is 1.27. The second-order valence-electron chi connectivity index (χ2n) is 7.15. The van der Waals surface area contributed by atoms with Crippen LogP contribution in [0.25, 0.3) is 11.3 Å². The first-order valence-electron chi connectivity index (χ1n) is 9.81. The van der Waals surface area contributed by atoms with Crippen LogP contribution in [0.4, 0.5) is 5.69 Å². The van der Waals surface area contributed by atoms with Gasteiger partial charge in [-0.1, -0.05) is 59.8 Å². The Hall–Kier alpha value is -1.83. The van der Waals surface area contributed by atoms with Crippen molar-refractivity contribution >= 4 is 74.2 Å². The van der Waals surface area contributed by atoms with Crippen LogP contribution in [0.3, 0.4) is 0 Å². The fraction of sp³-hybridized carbons (Fsp3) is 0.0870. The molecule has 5 rings (SSSR count). The molecule has 6 nitrogen and oxygen atoms in total. The van der Waals surface area contributed by atoms with E-state index < -0.39 is 6.23 Å². The fourth-order valence-electron chi connectivity index (χ4n) is 3.35. The van der Waals surface area contributed by atoms with Crippen LogP contribution >= 0.6 is 68.5 Å². The monoisotopic (exact) mass is 700 g/mol. The normalized spacial score (nSPS) is 14.5. The molecule has 0 aliphatic carbocycles. The first kappa shape index (κ1) is 22.9. The molecule has 0 radical (unpaired) electrons. The SMILES string of the molecule is Oc1c(I)cc(C2Nc3ccccc3-c3nnc(SCc4ccccc4Cl)nc3O2)cc1I. The van der Waals surface area contributed by atoms with E-state index in [-0.39, 0.29) is 5.75 Å². The summed E-state index contributed by atoms with van der Waals surface area (Å²) in [7, 11) is 0. The predicted octanol–water partition coefficient (Wildman–Crippen LogP) is 6.90. The van der Waals surface area contributed by atoms with Gasteiger partial charge in [-0.15, -0.1) is 10.2 Å². The van der Waals surface area contributed by atoms with E-state index in [2.05, 4.69) is 65.7 Å². The van der Waals surface area contributed by atoms with E-state index in [4.69, 9.17) is 16.3 Å². The van der Waals surface area contributed by atoms with Crippen molar-refractivity contribution in [3.8, 4) is 22.9 Å². The molecule has 1 aromatic heterocycles. The standard InChI is InChI=1S/C23H15ClI2N4O2S/c24-15-7-3-1-5-12(15)11-33-23-28-22-19(29-30-23)14-6-2-4-8-18(14)27-21(32-22)13-9-16(25)20(31)17(26)10-13/h1-10,21,27,31H,11H2. The minimum absolute atomic E-state index is 0.261. The number of rotatable bonds is 4. The molecule has 0 saturated carbocycles. The van der Waals surface area contributed by atoms with E-state index in [0.29, 0.717) is 27.5 Å². The van der Waals surface area contributed by atoms with Crippen LogP contribution in [0, 0.1) is 7.14 Å². The van der Waals surface area contributed by atoms with Crippen molar-refractivity contribution in [2.24, 2.45) is 0 Å². The number of phenolic OH excluding ortho intramolecular Hbond substituents is 1. The average Bonchev–Trinajstić information content (AvgIpc) is 2.98. The van der Waals surface area contributed by atoms with Crippen molar-refractivity contribution in [1.29, 1.82) is 0 Å². The number of thioether (sulfide) groups is 1. The van der Waals surface area contributed by atoms with Gasteiger partial charge in [-0.2, -0.15) is 4.98 Å². The van der Waals surface area contributed by atoms with Gasteiger partial charge in [0.1, 0.15) is 5.75 Å². The highest BCUT2D eigenvalue weighted by atomic mass is 127. The van der Waals surface area contributed by atoms with E-state index in [1.807, 2.05) is 60.7 Å². The number of hydrogen-bond donors (Lipinski definition) is 2. The molecule has 33 heavy (non-hydrogen) atoms. The van der Waals surface area contributed by atoms with Crippen LogP contribution in [-0.4, -0.2) is 20.3 Å². The van der Waals surface area contributed by atoms with Crippen LogP contribution in [0.5, 0.6) is 11.6 Å². The van der Waals surface area contributed by atoms with E-state index in [9.17, 15) is 5.11 Å². The third-order valence-electron chi connectivity index (χ3n) is 4.99. The predicted molar refractivity (Wildman–Crippen MR) is 147 cm³/mol. The summed E-state index contributed by atoms with van der Waals surface area (Å²) in [5, 5.41) is 23.6. The Kier molecular flexibility index (Phi) is 6.81. The van der Waals surface area contributed by atoms with Crippen molar-refractivity contribution in [1.82, 2.24) is 15.2 Å². The lowest BCUT2D eigenvalue weighted by Gasteiger charge is -2.20. The maximum absolute atomic E-state index is 10.2. The molecule has 0 spiro atoms. The van der Waals surface area contributed by atoms with Crippen LogP contribution < -0.4 is 10.1 Å². The topological polar surface area (TPSA) is 80.2 Å². The molecule has 4 aromatic rings. The van der Waals surface area contributed by atoms with E-state index in [1.54, 1.807) is 0 Å². The van der Waals surface area contributed by atoms with Crippen molar-refractivity contribution in [3.05, 3.63) is 84.0 Å². The Morgan fingerprint density at radius 3 is 2.55 bits per heavy atom. The van der Waals surface area contributed by atoms with Gasteiger partial charge < -0.3 is 15.2 Å². The van der Waals surface area contributed by atoms with Crippen LogP contribution in [0.15, 0.2) is 65.8 Å². The summed E-state index contributed by atoms with van der Waals surface area (Å²) in [4.78, 5) is 4.69. The molecule has 166 valence electrons. The van der Waals surface area contributed by atoms with Crippen LogP contribution in [-0.2, 0) is 5.75 Å². The van der Waals surface area contributed by atoms with Crippen molar-refractivity contribution in [2.75, 3.05) is 5.32 Å². The lowest BCUT2D eigenvalue weighted by Crippen LogP contribution is -2.17. The Morgan fingerprint density at radius 1 is 1.03 bits per heavy atom. The van der Waals surface area contributed by atoms with Gasteiger partial charge in [0.05, 0.1) is 7.14 Å². The molecular weight excluding hydrogens is 686 g/mol. The van der Waals surface area contributed by atoms with E-state index in [1.165, 1.54) is 11.8 Å². The fourth-order valence-corrected chi connectivity index (χ4v) is 6.23. The number of halogens is 3. The zero-order valence-electron chi connectivity index (χ0n) is 16.8. The average molecular weight is 701 g/mol. The van der Waals surface area contributed by atoms with Crippen molar-refractivity contribution < 1.29 is 9.84 Å². The Bertz CT molecular complexity index is 1330. The third kappa shape index (κ3) is 4.86. The van der Waals surface area contributed by atoms with Crippen LogP contribution in [0.1, 0.15) is 17.4 Å². The first-order valence-corrected chi connectivity index (χ1v) is 13.3.